The molecule has 0 fully saturated rings. The Kier molecular flexibility index (Phi) is 7.69. The van der Waals surface area contributed by atoms with Crippen molar-refractivity contribution in [1.29, 1.82) is 0 Å². The number of hydrogen-bond acceptors (Lipinski definition) is 2. The van der Waals surface area contributed by atoms with E-state index in [4.69, 9.17) is 5.73 Å². The van der Waals surface area contributed by atoms with Gasteiger partial charge >= 0.3 is 0 Å². The van der Waals surface area contributed by atoms with E-state index in [-0.39, 0.29) is 0 Å². The third-order valence-electron chi connectivity index (χ3n) is 3.07. The lowest BCUT2D eigenvalue weighted by atomic mass is 10.0. The Morgan fingerprint density at radius 1 is 1.12 bits per heavy atom. The van der Waals surface area contributed by atoms with Gasteiger partial charge in [0.15, 0.2) is 0 Å². The molecule has 0 spiro atoms. The van der Waals surface area contributed by atoms with Gasteiger partial charge in [-0.15, -0.1) is 0 Å². The smallest absolute Gasteiger partial charge is 0.0320 e. The largest absolute Gasteiger partial charge is 0.330 e. The molecule has 0 amide bonds. The van der Waals surface area contributed by atoms with Crippen LogP contribution in [-0.2, 0) is 0 Å². The fraction of sp³-hybridized carbons (Fsp3) is 0.600. The van der Waals surface area contributed by atoms with Crippen molar-refractivity contribution in [2.45, 2.75) is 45.1 Å². The second kappa shape index (κ2) is 9.20. The third kappa shape index (κ3) is 5.85. The van der Waals surface area contributed by atoms with Crippen LogP contribution >= 0.6 is 0 Å². The normalized spacial score (nSPS) is 12.6. The van der Waals surface area contributed by atoms with Crippen LogP contribution in [0.5, 0.6) is 0 Å². The molecule has 1 aromatic carbocycles. The van der Waals surface area contributed by atoms with Gasteiger partial charge in [-0.05, 0) is 37.9 Å². The van der Waals surface area contributed by atoms with E-state index in [9.17, 15) is 0 Å². The van der Waals surface area contributed by atoms with Crippen LogP contribution in [0.3, 0.4) is 0 Å². The van der Waals surface area contributed by atoms with Crippen molar-refractivity contribution in [3.05, 3.63) is 35.9 Å². The average Bonchev–Trinajstić information content (AvgIpc) is 2.39. The summed E-state index contributed by atoms with van der Waals surface area (Å²) < 4.78 is 0. The first-order chi connectivity index (χ1) is 8.38. The molecular formula is C15H26N2. The summed E-state index contributed by atoms with van der Waals surface area (Å²) in [5.74, 6) is 0. The van der Waals surface area contributed by atoms with Crippen LogP contribution in [0.25, 0.3) is 0 Å². The topological polar surface area (TPSA) is 38.0 Å². The zero-order chi connectivity index (χ0) is 12.3. The molecule has 0 aliphatic carbocycles. The predicted molar refractivity (Wildman–Crippen MR) is 75.0 cm³/mol. The first-order valence-electron chi connectivity index (χ1n) is 6.87. The van der Waals surface area contributed by atoms with E-state index in [1.54, 1.807) is 0 Å². The standard InChI is InChI=1S/C15H26N2/c1-2-3-11-15(17-13-8-7-12-16)14-9-5-4-6-10-14/h4-6,9-10,15,17H,2-3,7-8,11-13,16H2,1H3. The summed E-state index contributed by atoms with van der Waals surface area (Å²) in [7, 11) is 0. The first kappa shape index (κ1) is 14.2. The van der Waals surface area contributed by atoms with Crippen LogP contribution in [0, 0.1) is 0 Å². The molecule has 96 valence electrons. The highest BCUT2D eigenvalue weighted by molar-refractivity contribution is 5.18. The molecular weight excluding hydrogens is 208 g/mol. The maximum Gasteiger partial charge on any atom is 0.0320 e. The van der Waals surface area contributed by atoms with E-state index in [2.05, 4.69) is 42.6 Å². The van der Waals surface area contributed by atoms with Crippen molar-refractivity contribution in [2.24, 2.45) is 5.73 Å². The molecule has 0 bridgehead atoms. The summed E-state index contributed by atoms with van der Waals surface area (Å²) in [6, 6.07) is 11.3. The van der Waals surface area contributed by atoms with Gasteiger partial charge in [0.05, 0.1) is 0 Å². The van der Waals surface area contributed by atoms with Gasteiger partial charge < -0.3 is 11.1 Å². The van der Waals surface area contributed by atoms with Crippen molar-refractivity contribution in [1.82, 2.24) is 5.32 Å². The summed E-state index contributed by atoms with van der Waals surface area (Å²) >= 11 is 0. The molecule has 2 nitrogen and oxygen atoms in total. The van der Waals surface area contributed by atoms with Gasteiger partial charge in [-0.3, -0.25) is 0 Å². The van der Waals surface area contributed by atoms with E-state index in [1.807, 2.05) is 0 Å². The van der Waals surface area contributed by atoms with E-state index in [1.165, 1.54) is 31.2 Å². The van der Waals surface area contributed by atoms with Crippen LogP contribution in [-0.4, -0.2) is 13.1 Å². The van der Waals surface area contributed by atoms with Gasteiger partial charge in [-0.2, -0.15) is 0 Å². The SMILES string of the molecule is CCCCC(NCCCCN)c1ccccc1. The second-order valence-corrected chi connectivity index (χ2v) is 4.56. The highest BCUT2D eigenvalue weighted by atomic mass is 14.9. The molecule has 1 rings (SSSR count). The third-order valence-corrected chi connectivity index (χ3v) is 3.07. The van der Waals surface area contributed by atoms with E-state index in [0.717, 1.165) is 19.5 Å². The zero-order valence-electron chi connectivity index (χ0n) is 11.0. The monoisotopic (exact) mass is 234 g/mol. The van der Waals surface area contributed by atoms with Gasteiger partial charge in [0.1, 0.15) is 0 Å². The van der Waals surface area contributed by atoms with Gasteiger partial charge in [-0.1, -0.05) is 50.1 Å². The number of nitrogens with one attached hydrogen (secondary N) is 1. The van der Waals surface area contributed by atoms with Gasteiger partial charge in [0.25, 0.3) is 0 Å². The van der Waals surface area contributed by atoms with Gasteiger partial charge in [0.2, 0.25) is 0 Å². The molecule has 0 saturated carbocycles. The minimum atomic E-state index is 0.508. The van der Waals surface area contributed by atoms with E-state index in [0.29, 0.717) is 6.04 Å². The maximum atomic E-state index is 5.51. The molecule has 1 atom stereocenters. The Morgan fingerprint density at radius 3 is 2.53 bits per heavy atom. The quantitative estimate of drug-likeness (QED) is 0.644. The average molecular weight is 234 g/mol. The molecule has 1 unspecified atom stereocenters. The van der Waals surface area contributed by atoms with Crippen molar-refractivity contribution in [2.75, 3.05) is 13.1 Å². The van der Waals surface area contributed by atoms with Crippen molar-refractivity contribution in [3.63, 3.8) is 0 Å². The molecule has 0 aliphatic heterocycles. The predicted octanol–water partition coefficient (Wildman–Crippen LogP) is 3.25. The summed E-state index contributed by atoms with van der Waals surface area (Å²) in [6.07, 6.45) is 6.05. The number of nitrogens with two attached hydrogens (primary N) is 1. The Bertz CT molecular complexity index is 272. The number of benzene rings is 1. The Labute approximate surface area is 106 Å². The highest BCUT2D eigenvalue weighted by Crippen LogP contribution is 2.18. The summed E-state index contributed by atoms with van der Waals surface area (Å²) in [6.45, 7) is 4.11. The van der Waals surface area contributed by atoms with Crippen LogP contribution in [0.1, 0.15) is 50.6 Å². The van der Waals surface area contributed by atoms with Crippen molar-refractivity contribution >= 4 is 0 Å². The van der Waals surface area contributed by atoms with E-state index >= 15 is 0 Å². The van der Waals surface area contributed by atoms with Gasteiger partial charge in [0, 0.05) is 6.04 Å². The zero-order valence-corrected chi connectivity index (χ0v) is 11.0. The van der Waals surface area contributed by atoms with E-state index < -0.39 is 0 Å². The lowest BCUT2D eigenvalue weighted by Gasteiger charge is -2.19. The van der Waals surface area contributed by atoms with Crippen molar-refractivity contribution < 1.29 is 0 Å². The highest BCUT2D eigenvalue weighted by Gasteiger charge is 2.08. The fourth-order valence-corrected chi connectivity index (χ4v) is 2.03. The molecule has 1 aromatic rings. The van der Waals surface area contributed by atoms with Crippen LogP contribution in [0.4, 0.5) is 0 Å². The lowest BCUT2D eigenvalue weighted by Crippen LogP contribution is -2.23. The van der Waals surface area contributed by atoms with Crippen LogP contribution < -0.4 is 11.1 Å². The Morgan fingerprint density at radius 2 is 1.88 bits per heavy atom. The molecule has 0 saturated heterocycles. The molecule has 2 heteroatoms. The molecule has 0 heterocycles. The molecule has 0 aliphatic rings. The molecule has 0 radical (unpaired) electrons. The van der Waals surface area contributed by atoms with Crippen molar-refractivity contribution in [3.8, 4) is 0 Å². The lowest BCUT2D eigenvalue weighted by molar-refractivity contribution is 0.472. The number of rotatable bonds is 9. The minimum absolute atomic E-state index is 0.508. The van der Waals surface area contributed by atoms with Crippen LogP contribution in [0.2, 0.25) is 0 Å². The summed E-state index contributed by atoms with van der Waals surface area (Å²) in [5, 5.41) is 3.65. The summed E-state index contributed by atoms with van der Waals surface area (Å²) in [5.41, 5.74) is 6.92. The minimum Gasteiger partial charge on any atom is -0.330 e. The molecule has 3 N–H and O–H groups in total. The second-order valence-electron chi connectivity index (χ2n) is 4.56. The maximum absolute atomic E-state index is 5.51. The number of hydrogen-bond donors (Lipinski definition) is 2. The Hall–Kier alpha value is -0.860. The van der Waals surface area contributed by atoms with Crippen LogP contribution in [0.15, 0.2) is 30.3 Å². The number of unbranched alkanes of at least 4 members (excludes halogenated alkanes) is 2. The molecule has 0 aromatic heterocycles. The summed E-state index contributed by atoms with van der Waals surface area (Å²) in [4.78, 5) is 0. The fourth-order valence-electron chi connectivity index (χ4n) is 2.03. The molecule has 17 heavy (non-hydrogen) atoms. The van der Waals surface area contributed by atoms with Gasteiger partial charge in [-0.25, -0.2) is 0 Å². The first-order valence-corrected chi connectivity index (χ1v) is 6.87. The Balaban J connectivity index is 2.43.